The van der Waals surface area contributed by atoms with E-state index in [1.165, 1.54) is 21.9 Å². The van der Waals surface area contributed by atoms with Crippen LogP contribution in [0.15, 0.2) is 36.4 Å². The molecule has 78 valence electrons. The number of halogens is 1. The van der Waals surface area contributed by atoms with Crippen LogP contribution >= 0.6 is 12.4 Å². The van der Waals surface area contributed by atoms with E-state index >= 15 is 0 Å². The highest BCUT2D eigenvalue weighted by atomic mass is 35.5. The SMILES string of the molecule is Cl.NC1Cc2cccc3cccc(c23)C1. The Hall–Kier alpha value is -1.05. The third-order valence-electron chi connectivity index (χ3n) is 3.04. The monoisotopic (exact) mass is 219 g/mol. The van der Waals surface area contributed by atoms with Gasteiger partial charge in [-0.1, -0.05) is 36.4 Å². The number of rotatable bonds is 0. The van der Waals surface area contributed by atoms with Crippen molar-refractivity contribution in [1.29, 1.82) is 0 Å². The largest absolute Gasteiger partial charge is 0.327 e. The van der Waals surface area contributed by atoms with Crippen molar-refractivity contribution in [3.63, 3.8) is 0 Å². The van der Waals surface area contributed by atoms with Crippen LogP contribution in [0.3, 0.4) is 0 Å². The lowest BCUT2D eigenvalue weighted by molar-refractivity contribution is 0.656. The second-order valence-corrected chi connectivity index (χ2v) is 4.10. The summed E-state index contributed by atoms with van der Waals surface area (Å²) in [6.45, 7) is 0. The van der Waals surface area contributed by atoms with E-state index in [9.17, 15) is 0 Å². The first kappa shape index (κ1) is 10.5. The highest BCUT2D eigenvalue weighted by Gasteiger charge is 2.16. The Bertz CT molecular complexity index is 452. The van der Waals surface area contributed by atoms with Crippen LogP contribution in [0.2, 0.25) is 0 Å². The topological polar surface area (TPSA) is 26.0 Å². The molecule has 0 heterocycles. The molecule has 0 atom stereocenters. The van der Waals surface area contributed by atoms with Crippen LogP contribution in [-0.2, 0) is 12.8 Å². The number of hydrogen-bond donors (Lipinski definition) is 1. The fourth-order valence-corrected chi connectivity index (χ4v) is 2.48. The molecule has 0 aromatic heterocycles. The molecule has 0 amide bonds. The molecule has 0 saturated heterocycles. The molecule has 0 radical (unpaired) electrons. The fourth-order valence-electron chi connectivity index (χ4n) is 2.48. The lowest BCUT2D eigenvalue weighted by atomic mass is 9.86. The molecule has 3 rings (SSSR count). The van der Waals surface area contributed by atoms with Crippen molar-refractivity contribution in [3.8, 4) is 0 Å². The zero-order chi connectivity index (χ0) is 9.54. The highest BCUT2D eigenvalue weighted by molar-refractivity contribution is 5.89. The molecule has 0 spiro atoms. The summed E-state index contributed by atoms with van der Waals surface area (Å²) in [5, 5.41) is 2.80. The van der Waals surface area contributed by atoms with Gasteiger partial charge < -0.3 is 5.73 Å². The first-order chi connectivity index (χ1) is 6.84. The van der Waals surface area contributed by atoms with Crippen LogP contribution in [0.25, 0.3) is 10.8 Å². The Balaban J connectivity index is 0.000000853. The summed E-state index contributed by atoms with van der Waals surface area (Å²) in [7, 11) is 0. The molecule has 0 fully saturated rings. The zero-order valence-electron chi connectivity index (χ0n) is 8.44. The summed E-state index contributed by atoms with van der Waals surface area (Å²) in [4.78, 5) is 0. The molecule has 1 nitrogen and oxygen atoms in total. The minimum Gasteiger partial charge on any atom is -0.327 e. The normalized spacial score (nSPS) is 15.0. The van der Waals surface area contributed by atoms with Crippen molar-refractivity contribution in [2.24, 2.45) is 5.73 Å². The number of nitrogens with two attached hydrogens (primary N) is 1. The third-order valence-corrected chi connectivity index (χ3v) is 3.04. The van der Waals surface area contributed by atoms with Crippen molar-refractivity contribution in [3.05, 3.63) is 47.5 Å². The summed E-state index contributed by atoms with van der Waals surface area (Å²) in [6, 6.07) is 13.3. The highest BCUT2D eigenvalue weighted by Crippen LogP contribution is 2.28. The van der Waals surface area contributed by atoms with Gasteiger partial charge in [0.15, 0.2) is 0 Å². The Morgan fingerprint density at radius 2 is 1.47 bits per heavy atom. The molecule has 0 bridgehead atoms. The molecule has 15 heavy (non-hydrogen) atoms. The van der Waals surface area contributed by atoms with E-state index in [0.29, 0.717) is 6.04 Å². The molecular weight excluding hydrogens is 206 g/mol. The second-order valence-electron chi connectivity index (χ2n) is 4.10. The van der Waals surface area contributed by atoms with Gasteiger partial charge in [0, 0.05) is 6.04 Å². The van der Waals surface area contributed by atoms with Gasteiger partial charge in [-0.3, -0.25) is 0 Å². The first-order valence-corrected chi connectivity index (χ1v) is 5.09. The summed E-state index contributed by atoms with van der Waals surface area (Å²) >= 11 is 0. The van der Waals surface area contributed by atoms with Crippen LogP contribution in [0, 0.1) is 0 Å². The quantitative estimate of drug-likeness (QED) is 0.725. The predicted octanol–water partition coefficient (Wildman–Crippen LogP) is 2.69. The molecule has 0 unspecified atom stereocenters. The molecule has 1 aliphatic rings. The lowest BCUT2D eigenvalue weighted by Gasteiger charge is -2.22. The van der Waals surface area contributed by atoms with Crippen molar-refractivity contribution < 1.29 is 0 Å². The van der Waals surface area contributed by atoms with Gasteiger partial charge in [0.2, 0.25) is 0 Å². The van der Waals surface area contributed by atoms with E-state index in [1.54, 1.807) is 0 Å². The molecule has 2 aromatic carbocycles. The van der Waals surface area contributed by atoms with Gasteiger partial charge in [-0.25, -0.2) is 0 Å². The number of hydrogen-bond acceptors (Lipinski definition) is 1. The van der Waals surface area contributed by atoms with Crippen LogP contribution in [0.5, 0.6) is 0 Å². The molecule has 1 aliphatic carbocycles. The molecule has 0 saturated carbocycles. The maximum absolute atomic E-state index is 6.02. The fraction of sp³-hybridized carbons (Fsp3) is 0.231. The van der Waals surface area contributed by atoms with Gasteiger partial charge in [0.25, 0.3) is 0 Å². The Labute approximate surface area is 95.7 Å². The Morgan fingerprint density at radius 1 is 0.933 bits per heavy atom. The second kappa shape index (κ2) is 3.84. The summed E-state index contributed by atoms with van der Waals surface area (Å²) in [5.74, 6) is 0. The van der Waals surface area contributed by atoms with Gasteiger partial charge in [-0.05, 0) is 34.7 Å². The van der Waals surface area contributed by atoms with E-state index in [2.05, 4.69) is 36.4 Å². The van der Waals surface area contributed by atoms with Crippen LogP contribution < -0.4 is 5.73 Å². The van der Waals surface area contributed by atoms with E-state index in [4.69, 9.17) is 5.73 Å². The third kappa shape index (κ3) is 1.62. The van der Waals surface area contributed by atoms with Gasteiger partial charge in [-0.2, -0.15) is 0 Å². The zero-order valence-corrected chi connectivity index (χ0v) is 9.26. The van der Waals surface area contributed by atoms with E-state index in [1.807, 2.05) is 0 Å². The molecule has 2 heteroatoms. The summed E-state index contributed by atoms with van der Waals surface area (Å²) < 4.78 is 0. The Kier molecular flexibility index (Phi) is 2.68. The van der Waals surface area contributed by atoms with Gasteiger partial charge in [-0.15, -0.1) is 12.4 Å². The van der Waals surface area contributed by atoms with Gasteiger partial charge >= 0.3 is 0 Å². The van der Waals surface area contributed by atoms with Crippen LogP contribution in [0.4, 0.5) is 0 Å². The molecular formula is C13H14ClN. The maximum Gasteiger partial charge on any atom is 0.0120 e. The van der Waals surface area contributed by atoms with E-state index < -0.39 is 0 Å². The molecule has 0 aliphatic heterocycles. The smallest absolute Gasteiger partial charge is 0.0120 e. The van der Waals surface area contributed by atoms with Gasteiger partial charge in [0.05, 0.1) is 0 Å². The van der Waals surface area contributed by atoms with E-state index in [-0.39, 0.29) is 12.4 Å². The van der Waals surface area contributed by atoms with Crippen molar-refractivity contribution in [2.45, 2.75) is 18.9 Å². The summed E-state index contributed by atoms with van der Waals surface area (Å²) in [5.41, 5.74) is 8.85. The summed E-state index contributed by atoms with van der Waals surface area (Å²) in [6.07, 6.45) is 2.04. The van der Waals surface area contributed by atoms with Crippen molar-refractivity contribution in [1.82, 2.24) is 0 Å². The minimum atomic E-state index is 0. The average molecular weight is 220 g/mol. The van der Waals surface area contributed by atoms with Crippen molar-refractivity contribution in [2.75, 3.05) is 0 Å². The molecule has 2 aromatic rings. The maximum atomic E-state index is 6.02. The first-order valence-electron chi connectivity index (χ1n) is 5.09. The Morgan fingerprint density at radius 3 is 2.00 bits per heavy atom. The standard InChI is InChI=1S/C13H13N.ClH/c14-12-7-10-5-1-3-9-4-2-6-11(8-12)13(9)10;/h1-6,12H,7-8,14H2;1H. The minimum absolute atomic E-state index is 0. The number of benzene rings is 2. The molecule has 2 N–H and O–H groups in total. The van der Waals surface area contributed by atoms with Gasteiger partial charge in [0.1, 0.15) is 0 Å². The van der Waals surface area contributed by atoms with Crippen LogP contribution in [0.1, 0.15) is 11.1 Å². The van der Waals surface area contributed by atoms with Crippen LogP contribution in [-0.4, -0.2) is 6.04 Å². The lowest BCUT2D eigenvalue weighted by Crippen LogP contribution is -2.28. The predicted molar refractivity (Wildman–Crippen MR) is 66.6 cm³/mol. The van der Waals surface area contributed by atoms with Crippen molar-refractivity contribution >= 4 is 23.2 Å². The van der Waals surface area contributed by atoms with E-state index in [0.717, 1.165) is 12.8 Å². The average Bonchev–Trinajstić information content (AvgIpc) is 2.18.